The molecule has 0 heterocycles. The van der Waals surface area contributed by atoms with E-state index in [9.17, 15) is 9.18 Å². The van der Waals surface area contributed by atoms with Gasteiger partial charge in [0.15, 0.2) is 11.6 Å². The fraction of sp³-hybridized carbons (Fsp3) is 0.125. The number of rotatable bonds is 2. The van der Waals surface area contributed by atoms with Crippen molar-refractivity contribution in [2.24, 2.45) is 5.73 Å². The molecule has 0 saturated heterocycles. The van der Waals surface area contributed by atoms with E-state index < -0.39 is 11.6 Å². The Morgan fingerprint density at radius 1 is 1.62 bits per heavy atom. The summed E-state index contributed by atoms with van der Waals surface area (Å²) in [6.45, 7) is -0.256. The highest BCUT2D eigenvalue weighted by atomic mass is 79.9. The minimum Gasteiger partial charge on any atom is -0.507 e. The molecule has 0 fully saturated rings. The molecule has 0 atom stereocenters. The Morgan fingerprint density at radius 2 is 2.23 bits per heavy atom. The van der Waals surface area contributed by atoms with Crippen LogP contribution >= 0.6 is 15.9 Å². The van der Waals surface area contributed by atoms with Gasteiger partial charge in [0.1, 0.15) is 5.75 Å². The molecule has 0 saturated carbocycles. The van der Waals surface area contributed by atoms with Gasteiger partial charge < -0.3 is 10.8 Å². The molecule has 5 heteroatoms. The first-order valence-corrected chi connectivity index (χ1v) is 4.27. The van der Waals surface area contributed by atoms with Gasteiger partial charge in [-0.1, -0.05) is 0 Å². The van der Waals surface area contributed by atoms with Crippen molar-refractivity contribution in [3.8, 4) is 5.75 Å². The third-order valence-electron chi connectivity index (χ3n) is 1.55. The summed E-state index contributed by atoms with van der Waals surface area (Å²) in [5, 5.41) is 9.05. The van der Waals surface area contributed by atoms with Crippen molar-refractivity contribution in [1.82, 2.24) is 0 Å². The zero-order valence-corrected chi connectivity index (χ0v) is 8.14. The molecule has 0 aliphatic rings. The van der Waals surface area contributed by atoms with Crippen molar-refractivity contribution in [2.75, 3.05) is 6.54 Å². The molecule has 0 amide bonds. The number of carbonyl (C=O) groups excluding carboxylic acids is 1. The first-order chi connectivity index (χ1) is 6.07. The van der Waals surface area contributed by atoms with E-state index in [1.54, 1.807) is 0 Å². The number of ketones is 1. The van der Waals surface area contributed by atoms with E-state index in [0.29, 0.717) is 0 Å². The molecule has 3 nitrogen and oxygen atoms in total. The van der Waals surface area contributed by atoms with Gasteiger partial charge in [-0.25, -0.2) is 4.39 Å². The number of hydrogen-bond acceptors (Lipinski definition) is 3. The third kappa shape index (κ3) is 1.87. The van der Waals surface area contributed by atoms with Crippen LogP contribution in [-0.2, 0) is 0 Å². The van der Waals surface area contributed by atoms with Crippen LogP contribution in [0, 0.1) is 5.82 Å². The summed E-state index contributed by atoms with van der Waals surface area (Å²) in [6, 6.07) is 2.43. The molecule has 0 spiro atoms. The van der Waals surface area contributed by atoms with Gasteiger partial charge in [0.05, 0.1) is 16.6 Å². The summed E-state index contributed by atoms with van der Waals surface area (Å²) in [5.74, 6) is -1.53. The van der Waals surface area contributed by atoms with E-state index in [1.807, 2.05) is 0 Å². The van der Waals surface area contributed by atoms with E-state index >= 15 is 0 Å². The van der Waals surface area contributed by atoms with E-state index in [1.165, 1.54) is 12.1 Å². The maximum atomic E-state index is 13.2. The maximum Gasteiger partial charge on any atom is 0.179 e. The molecule has 1 aromatic rings. The van der Waals surface area contributed by atoms with Crippen molar-refractivity contribution in [2.45, 2.75) is 0 Å². The molecule has 70 valence electrons. The van der Waals surface area contributed by atoms with Gasteiger partial charge >= 0.3 is 0 Å². The first kappa shape index (κ1) is 10.1. The zero-order chi connectivity index (χ0) is 10.0. The van der Waals surface area contributed by atoms with Gasteiger partial charge in [-0.05, 0) is 28.1 Å². The molecule has 13 heavy (non-hydrogen) atoms. The van der Waals surface area contributed by atoms with Gasteiger partial charge in [-0.3, -0.25) is 4.79 Å². The quantitative estimate of drug-likeness (QED) is 0.778. The molecule has 1 aromatic carbocycles. The standard InChI is InChI=1S/C8H7BrFNO2/c9-7-5(12)2-1-4(8(7)10)6(13)3-11/h1-2,12H,3,11H2. The van der Waals surface area contributed by atoms with Crippen LogP contribution in [-0.4, -0.2) is 17.4 Å². The van der Waals surface area contributed by atoms with Crippen LogP contribution in [0.25, 0.3) is 0 Å². The Labute approximate surface area is 82.5 Å². The van der Waals surface area contributed by atoms with Crippen LogP contribution in [0.3, 0.4) is 0 Å². The number of Topliss-reactive ketones (excluding diaryl/α,β-unsaturated/α-hetero) is 1. The molecule has 0 unspecified atom stereocenters. The number of hydrogen-bond donors (Lipinski definition) is 2. The highest BCUT2D eigenvalue weighted by molar-refractivity contribution is 9.10. The second-order valence-electron chi connectivity index (χ2n) is 2.39. The van der Waals surface area contributed by atoms with Crippen LogP contribution < -0.4 is 5.73 Å². The predicted molar refractivity (Wildman–Crippen MR) is 49.1 cm³/mol. The Balaban J connectivity index is 3.26. The van der Waals surface area contributed by atoms with Crippen LogP contribution in [0.2, 0.25) is 0 Å². The van der Waals surface area contributed by atoms with Crippen molar-refractivity contribution in [1.29, 1.82) is 0 Å². The monoisotopic (exact) mass is 247 g/mol. The molecule has 3 N–H and O–H groups in total. The summed E-state index contributed by atoms with van der Waals surface area (Å²) in [6.07, 6.45) is 0. The summed E-state index contributed by atoms with van der Waals surface area (Å²) in [4.78, 5) is 11.0. The van der Waals surface area contributed by atoms with Gasteiger partial charge in [0, 0.05) is 0 Å². The molecule has 0 bridgehead atoms. The number of phenolic OH excluding ortho intramolecular Hbond substituents is 1. The van der Waals surface area contributed by atoms with Crippen molar-refractivity contribution in [3.63, 3.8) is 0 Å². The average Bonchev–Trinajstić information content (AvgIpc) is 2.13. The van der Waals surface area contributed by atoms with Gasteiger partial charge in [0.25, 0.3) is 0 Å². The minimum absolute atomic E-state index is 0.118. The molecule has 1 rings (SSSR count). The SMILES string of the molecule is NCC(=O)c1ccc(O)c(Br)c1F. The molecule has 0 aliphatic heterocycles. The summed E-state index contributed by atoms with van der Waals surface area (Å²) >= 11 is 2.81. The highest BCUT2D eigenvalue weighted by Crippen LogP contribution is 2.28. The number of phenols is 1. The number of halogens is 2. The first-order valence-electron chi connectivity index (χ1n) is 3.48. The van der Waals surface area contributed by atoms with E-state index in [2.05, 4.69) is 15.9 Å². The lowest BCUT2D eigenvalue weighted by Crippen LogP contribution is -2.15. The van der Waals surface area contributed by atoms with Crippen molar-refractivity contribution in [3.05, 3.63) is 28.0 Å². The molecule has 0 aliphatic carbocycles. The average molecular weight is 248 g/mol. The van der Waals surface area contributed by atoms with E-state index in [-0.39, 0.29) is 22.3 Å². The Kier molecular flexibility index (Phi) is 3.00. The predicted octanol–water partition coefficient (Wildman–Crippen LogP) is 1.44. The zero-order valence-electron chi connectivity index (χ0n) is 6.55. The molecular formula is C8H7BrFNO2. The van der Waals surface area contributed by atoms with Gasteiger partial charge in [-0.2, -0.15) is 0 Å². The van der Waals surface area contributed by atoms with Crippen LogP contribution in [0.15, 0.2) is 16.6 Å². The lowest BCUT2D eigenvalue weighted by molar-refractivity contribution is 0.0997. The third-order valence-corrected chi connectivity index (χ3v) is 2.30. The number of benzene rings is 1. The second kappa shape index (κ2) is 3.85. The Hall–Kier alpha value is -0.940. The molecule has 0 radical (unpaired) electrons. The molecule has 0 aromatic heterocycles. The maximum absolute atomic E-state index is 13.2. The van der Waals surface area contributed by atoms with Crippen LogP contribution in [0.5, 0.6) is 5.75 Å². The minimum atomic E-state index is -0.782. The second-order valence-corrected chi connectivity index (χ2v) is 3.18. The Morgan fingerprint density at radius 3 is 2.77 bits per heavy atom. The molecular weight excluding hydrogens is 241 g/mol. The summed E-state index contributed by atoms with van der Waals surface area (Å²) in [5.41, 5.74) is 4.95. The number of nitrogens with two attached hydrogens (primary N) is 1. The van der Waals surface area contributed by atoms with Gasteiger partial charge in [-0.15, -0.1) is 0 Å². The Bertz CT molecular complexity index is 354. The van der Waals surface area contributed by atoms with E-state index in [0.717, 1.165) is 0 Å². The fourth-order valence-electron chi connectivity index (χ4n) is 0.865. The smallest absolute Gasteiger partial charge is 0.179 e. The lowest BCUT2D eigenvalue weighted by atomic mass is 10.1. The van der Waals surface area contributed by atoms with Crippen molar-refractivity contribution < 1.29 is 14.3 Å². The van der Waals surface area contributed by atoms with Gasteiger partial charge in [0.2, 0.25) is 0 Å². The summed E-state index contributed by atoms with van der Waals surface area (Å²) < 4.78 is 13.1. The number of carbonyl (C=O) groups is 1. The van der Waals surface area contributed by atoms with Crippen LogP contribution in [0.4, 0.5) is 4.39 Å². The van der Waals surface area contributed by atoms with Crippen LogP contribution in [0.1, 0.15) is 10.4 Å². The number of aromatic hydroxyl groups is 1. The largest absolute Gasteiger partial charge is 0.507 e. The summed E-state index contributed by atoms with van der Waals surface area (Å²) in [7, 11) is 0. The van der Waals surface area contributed by atoms with E-state index in [4.69, 9.17) is 10.8 Å². The fourth-order valence-corrected chi connectivity index (χ4v) is 1.21. The van der Waals surface area contributed by atoms with Crippen molar-refractivity contribution >= 4 is 21.7 Å². The topological polar surface area (TPSA) is 63.3 Å². The lowest BCUT2D eigenvalue weighted by Gasteiger charge is -2.03. The highest BCUT2D eigenvalue weighted by Gasteiger charge is 2.15. The normalized spacial score (nSPS) is 10.1.